The van der Waals surface area contributed by atoms with Crippen LogP contribution in [0.15, 0.2) is 0 Å². The normalized spacial score (nSPS) is 43.8. The molecule has 4 bridgehead atoms. The lowest BCUT2D eigenvalue weighted by Crippen LogP contribution is -2.67. The highest BCUT2D eigenvalue weighted by Crippen LogP contribution is 2.60. The predicted octanol–water partition coefficient (Wildman–Crippen LogP) is 2.71. The van der Waals surface area contributed by atoms with Crippen molar-refractivity contribution in [2.24, 2.45) is 23.2 Å². The van der Waals surface area contributed by atoms with Gasteiger partial charge in [0.1, 0.15) is 12.2 Å². The van der Waals surface area contributed by atoms with Gasteiger partial charge in [-0.1, -0.05) is 19.8 Å². The number of piperidine rings is 1. The molecule has 4 saturated carbocycles. The summed E-state index contributed by atoms with van der Waals surface area (Å²) in [7, 11) is 0. The van der Waals surface area contributed by atoms with E-state index in [2.05, 4.69) is 6.92 Å². The summed E-state index contributed by atoms with van der Waals surface area (Å²) in [6, 6.07) is -0.722. The van der Waals surface area contributed by atoms with E-state index in [1.807, 2.05) is 4.90 Å². The maximum Gasteiger partial charge on any atom is 0.109 e. The fourth-order valence-corrected chi connectivity index (χ4v) is 8.02. The van der Waals surface area contributed by atoms with E-state index in [9.17, 15) is 20.4 Å². The van der Waals surface area contributed by atoms with E-state index in [0.717, 1.165) is 76.0 Å². The van der Waals surface area contributed by atoms with Gasteiger partial charge in [-0.15, -0.1) is 0 Å². The third kappa shape index (κ3) is 5.36. The zero-order valence-corrected chi connectivity index (χ0v) is 20.1. The van der Waals surface area contributed by atoms with E-state index in [-0.39, 0.29) is 12.6 Å². The van der Waals surface area contributed by atoms with Crippen molar-refractivity contribution in [2.45, 2.75) is 114 Å². The lowest BCUT2D eigenvalue weighted by molar-refractivity contribution is -0.172. The van der Waals surface area contributed by atoms with Crippen LogP contribution in [0.2, 0.25) is 0 Å². The van der Waals surface area contributed by atoms with Crippen LogP contribution < -0.4 is 0 Å². The molecule has 6 nitrogen and oxygen atoms in total. The molecule has 0 aromatic rings. The Balaban J connectivity index is 1.18. The van der Waals surface area contributed by atoms with E-state index < -0.39 is 24.4 Å². The van der Waals surface area contributed by atoms with Crippen molar-refractivity contribution < 1.29 is 25.2 Å². The number of ether oxygens (including phenoxy) is 1. The number of nitrogens with zero attached hydrogens (tertiary/aromatic N) is 1. The van der Waals surface area contributed by atoms with Crippen LogP contribution in [-0.2, 0) is 4.74 Å². The summed E-state index contributed by atoms with van der Waals surface area (Å²) in [6.45, 7) is 4.38. The summed E-state index contributed by atoms with van der Waals surface area (Å²) in [5.41, 5.74) is 0.483. The minimum atomic E-state index is -1.19. The molecule has 0 aromatic heterocycles. The van der Waals surface area contributed by atoms with Gasteiger partial charge >= 0.3 is 0 Å². The average molecular weight is 454 g/mol. The molecule has 0 aromatic carbocycles. The molecule has 5 aliphatic rings. The van der Waals surface area contributed by atoms with Gasteiger partial charge in [-0.25, -0.2) is 0 Å². The number of aliphatic hydroxyl groups is 4. The van der Waals surface area contributed by atoms with Gasteiger partial charge in [0.2, 0.25) is 0 Å². The zero-order chi connectivity index (χ0) is 22.7. The van der Waals surface area contributed by atoms with Crippen LogP contribution in [0.1, 0.15) is 84.0 Å². The maximum atomic E-state index is 10.6. The Labute approximate surface area is 194 Å². The molecule has 5 atom stereocenters. The summed E-state index contributed by atoms with van der Waals surface area (Å²) in [5.74, 6) is 2.91. The Morgan fingerprint density at radius 1 is 0.812 bits per heavy atom. The van der Waals surface area contributed by atoms with Crippen molar-refractivity contribution in [1.82, 2.24) is 4.90 Å². The van der Waals surface area contributed by atoms with Crippen molar-refractivity contribution in [1.29, 1.82) is 0 Å². The average Bonchev–Trinajstić information content (AvgIpc) is 2.76. The van der Waals surface area contributed by atoms with Gasteiger partial charge in [-0.2, -0.15) is 0 Å². The molecule has 0 spiro atoms. The van der Waals surface area contributed by atoms with Crippen molar-refractivity contribution in [3.05, 3.63) is 0 Å². The second-order valence-corrected chi connectivity index (χ2v) is 11.7. The van der Waals surface area contributed by atoms with Crippen LogP contribution >= 0.6 is 0 Å². The SMILES string of the molecule is CCCC[C@H]1[C@H](O)[C@@H](O)[C@H](O)[C@@H](CO)N1CCCCCOCC12CC3CC(CC(C3)C1)C2. The fourth-order valence-electron chi connectivity index (χ4n) is 8.02. The van der Waals surface area contributed by atoms with E-state index in [1.54, 1.807) is 0 Å². The van der Waals surface area contributed by atoms with Crippen LogP contribution in [0.3, 0.4) is 0 Å². The Kier molecular flexibility index (Phi) is 8.55. The number of unbranched alkanes of at least 4 members (excludes halogenated alkanes) is 3. The molecule has 4 N–H and O–H groups in total. The molecule has 4 aliphatic carbocycles. The molecule has 6 heteroatoms. The highest BCUT2D eigenvalue weighted by atomic mass is 16.5. The smallest absolute Gasteiger partial charge is 0.109 e. The predicted molar refractivity (Wildman–Crippen MR) is 124 cm³/mol. The first-order chi connectivity index (χ1) is 15.5. The largest absolute Gasteiger partial charge is 0.395 e. The number of aliphatic hydroxyl groups excluding tert-OH is 4. The Morgan fingerprint density at radius 2 is 1.44 bits per heavy atom. The van der Waals surface area contributed by atoms with Gasteiger partial charge in [0.25, 0.3) is 0 Å². The van der Waals surface area contributed by atoms with Gasteiger partial charge in [0.15, 0.2) is 0 Å². The third-order valence-electron chi connectivity index (χ3n) is 9.16. The van der Waals surface area contributed by atoms with E-state index in [1.165, 1.54) is 38.5 Å². The molecular formula is C26H47NO5. The number of hydrogen-bond acceptors (Lipinski definition) is 6. The van der Waals surface area contributed by atoms with E-state index in [0.29, 0.717) is 5.41 Å². The highest BCUT2D eigenvalue weighted by Gasteiger charge is 2.51. The molecule has 5 rings (SSSR count). The molecule has 1 saturated heterocycles. The van der Waals surface area contributed by atoms with Crippen LogP contribution in [0.5, 0.6) is 0 Å². The molecule has 32 heavy (non-hydrogen) atoms. The van der Waals surface area contributed by atoms with Gasteiger partial charge in [-0.3, -0.25) is 4.90 Å². The second kappa shape index (κ2) is 11.0. The van der Waals surface area contributed by atoms with Gasteiger partial charge in [0.05, 0.1) is 25.4 Å². The second-order valence-electron chi connectivity index (χ2n) is 11.7. The number of rotatable bonds is 12. The first-order valence-electron chi connectivity index (χ1n) is 13.4. The van der Waals surface area contributed by atoms with Crippen LogP contribution in [0.25, 0.3) is 0 Å². The topological polar surface area (TPSA) is 93.4 Å². The highest BCUT2D eigenvalue weighted by molar-refractivity contribution is 5.02. The summed E-state index contributed by atoms with van der Waals surface area (Å²) < 4.78 is 6.21. The lowest BCUT2D eigenvalue weighted by Gasteiger charge is -2.56. The summed E-state index contributed by atoms with van der Waals surface area (Å²) in [4.78, 5) is 2.05. The molecule has 1 heterocycles. The summed E-state index contributed by atoms with van der Waals surface area (Å²) >= 11 is 0. The van der Waals surface area contributed by atoms with Crippen molar-refractivity contribution >= 4 is 0 Å². The standard InChI is InChI=1S/C26H47NO5/c1-2-3-7-21-23(29)25(31)24(30)22(16-28)27(21)8-5-4-6-9-32-17-26-13-18-10-19(14-26)12-20(11-18)15-26/h18-25,28-31H,2-17H2,1H3/t18?,19?,20?,21-,22+,23-,24+,25+,26?/m0/s1. The third-order valence-corrected chi connectivity index (χ3v) is 9.16. The Hall–Kier alpha value is -0.240. The summed E-state index contributed by atoms with van der Waals surface area (Å²) in [5, 5.41) is 41.0. The monoisotopic (exact) mass is 453 g/mol. The molecule has 1 aliphatic heterocycles. The lowest BCUT2D eigenvalue weighted by atomic mass is 9.50. The molecule has 0 unspecified atom stereocenters. The van der Waals surface area contributed by atoms with Gasteiger partial charge in [0, 0.05) is 12.6 Å². The minimum absolute atomic E-state index is 0.207. The molecule has 186 valence electrons. The molecule has 5 fully saturated rings. The number of likely N-dealkylation sites (tertiary alicyclic amines) is 1. The van der Waals surface area contributed by atoms with Crippen LogP contribution in [0, 0.1) is 23.2 Å². The quantitative estimate of drug-likeness (QED) is 0.340. The van der Waals surface area contributed by atoms with E-state index in [4.69, 9.17) is 4.74 Å². The first-order valence-corrected chi connectivity index (χ1v) is 13.4. The molecule has 0 radical (unpaired) electrons. The molecular weight excluding hydrogens is 406 g/mol. The van der Waals surface area contributed by atoms with Crippen LogP contribution in [-0.4, -0.2) is 82.1 Å². The van der Waals surface area contributed by atoms with Crippen molar-refractivity contribution in [3.8, 4) is 0 Å². The summed E-state index contributed by atoms with van der Waals surface area (Å²) in [6.07, 6.45) is 11.1. The first kappa shape index (κ1) is 24.9. The zero-order valence-electron chi connectivity index (χ0n) is 20.1. The maximum absolute atomic E-state index is 10.6. The number of hydrogen-bond donors (Lipinski definition) is 4. The Bertz CT molecular complexity index is 551. The minimum Gasteiger partial charge on any atom is -0.395 e. The Morgan fingerprint density at radius 3 is 2.03 bits per heavy atom. The van der Waals surface area contributed by atoms with Crippen LogP contribution in [0.4, 0.5) is 0 Å². The van der Waals surface area contributed by atoms with Gasteiger partial charge < -0.3 is 25.2 Å². The van der Waals surface area contributed by atoms with Crippen molar-refractivity contribution in [2.75, 3.05) is 26.4 Å². The molecule has 0 amide bonds. The van der Waals surface area contributed by atoms with Gasteiger partial charge in [-0.05, 0) is 93.9 Å². The van der Waals surface area contributed by atoms with Crippen molar-refractivity contribution in [3.63, 3.8) is 0 Å². The van der Waals surface area contributed by atoms with E-state index >= 15 is 0 Å². The fraction of sp³-hybridized carbons (Fsp3) is 1.00.